The van der Waals surface area contributed by atoms with Crippen LogP contribution in [-0.2, 0) is 4.79 Å². The van der Waals surface area contributed by atoms with Gasteiger partial charge in [0.05, 0.1) is 12.6 Å². The van der Waals surface area contributed by atoms with E-state index in [2.05, 4.69) is 10.2 Å². The predicted octanol–water partition coefficient (Wildman–Crippen LogP) is -0.811. The van der Waals surface area contributed by atoms with Crippen LogP contribution in [0.15, 0.2) is 0 Å². The fourth-order valence-electron chi connectivity index (χ4n) is 1.25. The number of hydrogen-bond donors (Lipinski definition) is 2. The molecule has 1 saturated heterocycles. The topological polar surface area (TPSA) is 52.6 Å². The average Bonchev–Trinajstić information content (AvgIpc) is 2.01. The number of amides is 1. The number of hydrogen-bond acceptors (Lipinski definition) is 3. The lowest BCUT2D eigenvalue weighted by Crippen LogP contribution is -2.48. The first-order valence-electron chi connectivity index (χ1n) is 4.35. The molecule has 0 bridgehead atoms. The number of nitrogens with zero attached hydrogens (tertiary/aromatic N) is 1. The molecule has 12 heavy (non-hydrogen) atoms. The van der Waals surface area contributed by atoms with Crippen molar-refractivity contribution in [3.63, 3.8) is 0 Å². The number of carbonyl (C=O) groups excluding carboxylic acids is 1. The van der Waals surface area contributed by atoms with Crippen LogP contribution >= 0.6 is 0 Å². The number of nitrogens with one attached hydrogen (secondary N) is 1. The van der Waals surface area contributed by atoms with Gasteiger partial charge in [-0.2, -0.15) is 0 Å². The van der Waals surface area contributed by atoms with Gasteiger partial charge in [0.1, 0.15) is 0 Å². The Hall–Kier alpha value is -0.610. The highest BCUT2D eigenvalue weighted by molar-refractivity contribution is 5.78. The second-order valence-corrected chi connectivity index (χ2v) is 3.26. The van der Waals surface area contributed by atoms with Crippen LogP contribution in [0.2, 0.25) is 0 Å². The smallest absolute Gasteiger partial charge is 0.234 e. The highest BCUT2D eigenvalue weighted by Gasteiger charge is 2.15. The quantitative estimate of drug-likeness (QED) is 0.585. The number of aliphatic hydroxyl groups excluding tert-OH is 1. The molecule has 0 spiro atoms. The standard InChI is InChI=1S/C8H16N2O2/c1-7(11)2-4-10-5-3-9-8(12)6-10/h7,11H,2-6H2,1H3,(H,9,12). The molecule has 1 aliphatic heterocycles. The molecule has 1 aliphatic rings. The normalized spacial score (nSPS) is 22.0. The van der Waals surface area contributed by atoms with Crippen molar-refractivity contribution in [2.75, 3.05) is 26.2 Å². The summed E-state index contributed by atoms with van der Waals surface area (Å²) in [4.78, 5) is 13.0. The van der Waals surface area contributed by atoms with Gasteiger partial charge >= 0.3 is 0 Å². The van der Waals surface area contributed by atoms with Crippen molar-refractivity contribution in [1.29, 1.82) is 0 Å². The summed E-state index contributed by atoms with van der Waals surface area (Å²) in [6, 6.07) is 0. The number of rotatable bonds is 3. The SMILES string of the molecule is CC(O)CCN1CCNC(=O)C1. The van der Waals surface area contributed by atoms with Gasteiger partial charge in [-0.05, 0) is 13.3 Å². The van der Waals surface area contributed by atoms with Crippen molar-refractivity contribution in [3.8, 4) is 0 Å². The third-order valence-corrected chi connectivity index (χ3v) is 1.98. The van der Waals surface area contributed by atoms with E-state index in [0.717, 1.165) is 26.1 Å². The van der Waals surface area contributed by atoms with Gasteiger partial charge in [-0.1, -0.05) is 0 Å². The zero-order valence-corrected chi connectivity index (χ0v) is 7.42. The molecule has 1 atom stereocenters. The summed E-state index contributed by atoms with van der Waals surface area (Å²) in [6.07, 6.45) is 0.475. The van der Waals surface area contributed by atoms with Crippen molar-refractivity contribution in [3.05, 3.63) is 0 Å². The Kier molecular flexibility index (Phi) is 3.49. The summed E-state index contributed by atoms with van der Waals surface area (Å²) in [6.45, 7) is 4.69. The molecule has 0 radical (unpaired) electrons. The Morgan fingerprint density at radius 2 is 2.50 bits per heavy atom. The molecule has 4 heteroatoms. The number of carbonyl (C=O) groups is 1. The van der Waals surface area contributed by atoms with Gasteiger partial charge in [0.2, 0.25) is 5.91 Å². The Morgan fingerprint density at radius 1 is 1.75 bits per heavy atom. The second kappa shape index (κ2) is 4.42. The van der Waals surface area contributed by atoms with Crippen LogP contribution < -0.4 is 5.32 Å². The van der Waals surface area contributed by atoms with Crippen LogP contribution in [0.25, 0.3) is 0 Å². The van der Waals surface area contributed by atoms with Gasteiger partial charge in [-0.15, -0.1) is 0 Å². The molecule has 1 amide bonds. The lowest BCUT2D eigenvalue weighted by atomic mass is 10.2. The molecule has 1 heterocycles. The molecule has 1 unspecified atom stereocenters. The summed E-state index contributed by atoms with van der Waals surface area (Å²) in [5.41, 5.74) is 0. The summed E-state index contributed by atoms with van der Waals surface area (Å²) >= 11 is 0. The van der Waals surface area contributed by atoms with Gasteiger partial charge in [-0.3, -0.25) is 9.69 Å². The maximum absolute atomic E-state index is 10.9. The molecule has 0 saturated carbocycles. The minimum atomic E-state index is -0.269. The predicted molar refractivity (Wildman–Crippen MR) is 45.7 cm³/mol. The Labute approximate surface area is 72.6 Å². The fraction of sp³-hybridized carbons (Fsp3) is 0.875. The second-order valence-electron chi connectivity index (χ2n) is 3.26. The summed E-state index contributed by atoms with van der Waals surface area (Å²) in [5, 5.41) is 11.8. The minimum absolute atomic E-state index is 0.0897. The van der Waals surface area contributed by atoms with E-state index in [0.29, 0.717) is 6.54 Å². The lowest BCUT2D eigenvalue weighted by Gasteiger charge is -2.26. The molecule has 2 N–H and O–H groups in total. The maximum Gasteiger partial charge on any atom is 0.234 e. The largest absolute Gasteiger partial charge is 0.393 e. The van der Waals surface area contributed by atoms with Crippen LogP contribution in [0, 0.1) is 0 Å². The highest BCUT2D eigenvalue weighted by Crippen LogP contribution is 1.97. The maximum atomic E-state index is 10.9. The van der Waals surface area contributed by atoms with Crippen LogP contribution in [0.5, 0.6) is 0 Å². The molecule has 0 aromatic heterocycles. The fourth-order valence-corrected chi connectivity index (χ4v) is 1.25. The molecular formula is C8H16N2O2. The van der Waals surface area contributed by atoms with Gasteiger partial charge in [0.25, 0.3) is 0 Å². The van der Waals surface area contributed by atoms with Crippen molar-refractivity contribution in [1.82, 2.24) is 10.2 Å². The highest BCUT2D eigenvalue weighted by atomic mass is 16.3. The van der Waals surface area contributed by atoms with Gasteiger partial charge < -0.3 is 10.4 Å². The van der Waals surface area contributed by atoms with E-state index in [1.807, 2.05) is 0 Å². The average molecular weight is 172 g/mol. The van der Waals surface area contributed by atoms with Crippen LogP contribution in [-0.4, -0.2) is 48.2 Å². The molecule has 1 rings (SSSR count). The first-order valence-corrected chi connectivity index (χ1v) is 4.35. The van der Waals surface area contributed by atoms with E-state index in [-0.39, 0.29) is 12.0 Å². The van der Waals surface area contributed by atoms with Gasteiger partial charge in [0.15, 0.2) is 0 Å². The molecular weight excluding hydrogens is 156 g/mol. The van der Waals surface area contributed by atoms with E-state index in [1.165, 1.54) is 0 Å². The molecule has 0 aromatic rings. The number of piperazine rings is 1. The lowest BCUT2D eigenvalue weighted by molar-refractivity contribution is -0.124. The third-order valence-electron chi connectivity index (χ3n) is 1.98. The first-order chi connectivity index (χ1) is 5.68. The van der Waals surface area contributed by atoms with E-state index < -0.39 is 0 Å². The van der Waals surface area contributed by atoms with Crippen molar-refractivity contribution in [2.45, 2.75) is 19.4 Å². The zero-order valence-electron chi connectivity index (χ0n) is 7.42. The monoisotopic (exact) mass is 172 g/mol. The molecule has 1 fully saturated rings. The van der Waals surface area contributed by atoms with E-state index in [4.69, 9.17) is 5.11 Å². The van der Waals surface area contributed by atoms with Crippen molar-refractivity contribution < 1.29 is 9.90 Å². The van der Waals surface area contributed by atoms with Crippen molar-refractivity contribution in [2.24, 2.45) is 0 Å². The summed E-state index contributed by atoms with van der Waals surface area (Å²) in [5.74, 6) is 0.0897. The van der Waals surface area contributed by atoms with Crippen LogP contribution in [0.3, 0.4) is 0 Å². The molecule has 4 nitrogen and oxygen atoms in total. The number of aliphatic hydroxyl groups is 1. The van der Waals surface area contributed by atoms with Crippen molar-refractivity contribution >= 4 is 5.91 Å². The Morgan fingerprint density at radius 3 is 3.08 bits per heavy atom. The Balaban J connectivity index is 2.18. The van der Waals surface area contributed by atoms with E-state index in [1.54, 1.807) is 6.92 Å². The third kappa shape index (κ3) is 3.19. The Bertz CT molecular complexity index is 159. The van der Waals surface area contributed by atoms with E-state index in [9.17, 15) is 4.79 Å². The van der Waals surface area contributed by atoms with Crippen LogP contribution in [0.1, 0.15) is 13.3 Å². The molecule has 0 aliphatic carbocycles. The van der Waals surface area contributed by atoms with Crippen LogP contribution in [0.4, 0.5) is 0 Å². The summed E-state index contributed by atoms with van der Waals surface area (Å²) < 4.78 is 0. The summed E-state index contributed by atoms with van der Waals surface area (Å²) in [7, 11) is 0. The van der Waals surface area contributed by atoms with Gasteiger partial charge in [-0.25, -0.2) is 0 Å². The zero-order chi connectivity index (χ0) is 8.97. The minimum Gasteiger partial charge on any atom is -0.393 e. The van der Waals surface area contributed by atoms with Gasteiger partial charge in [0, 0.05) is 19.6 Å². The first kappa shape index (κ1) is 9.48. The molecule has 70 valence electrons. The van der Waals surface area contributed by atoms with E-state index >= 15 is 0 Å². The molecule has 0 aromatic carbocycles.